The number of benzene rings is 1. The van der Waals surface area contributed by atoms with Crippen LogP contribution in [0.2, 0.25) is 5.02 Å². The summed E-state index contributed by atoms with van der Waals surface area (Å²) < 4.78 is 5.30. The molecule has 0 N–H and O–H groups in total. The molecule has 2 aliphatic rings. The van der Waals surface area contributed by atoms with Crippen molar-refractivity contribution in [2.45, 2.75) is 45.6 Å². The molecule has 4 rings (SSSR count). The van der Waals surface area contributed by atoms with Crippen LogP contribution in [0.3, 0.4) is 0 Å². The fourth-order valence-electron chi connectivity index (χ4n) is 4.59. The minimum absolute atomic E-state index is 0.326. The van der Waals surface area contributed by atoms with Crippen molar-refractivity contribution in [1.29, 1.82) is 0 Å². The standard InChI is InChI=1S/C23H30ClN3O2S/c1-3-29-22(28)21-20(18-8-4-5-9-19(18)24)25-23(30-21)26-13-10-17(11-14-26)27-12-6-7-16(2)15-27/h4-5,8-9,16-17H,3,6-7,10-15H2,1-2H3/t16-/m1/s1. The summed E-state index contributed by atoms with van der Waals surface area (Å²) in [7, 11) is 0. The SMILES string of the molecule is CCOC(=O)c1sc(N2CCC(N3CCC[C@@H](C)C3)CC2)nc1-c1ccccc1Cl. The average Bonchev–Trinajstić information content (AvgIpc) is 3.20. The number of nitrogens with zero attached hydrogens (tertiary/aromatic N) is 3. The van der Waals surface area contributed by atoms with E-state index < -0.39 is 0 Å². The summed E-state index contributed by atoms with van der Waals surface area (Å²) in [6.45, 7) is 8.92. The number of likely N-dealkylation sites (tertiary alicyclic amines) is 1. The molecule has 1 aromatic heterocycles. The molecule has 0 amide bonds. The second kappa shape index (κ2) is 9.67. The highest BCUT2D eigenvalue weighted by Gasteiger charge is 2.30. The van der Waals surface area contributed by atoms with Gasteiger partial charge in [0.2, 0.25) is 0 Å². The molecule has 1 atom stereocenters. The molecule has 0 unspecified atom stereocenters. The molecule has 2 aromatic rings. The Balaban J connectivity index is 1.53. The van der Waals surface area contributed by atoms with E-state index in [-0.39, 0.29) is 5.97 Å². The lowest BCUT2D eigenvalue weighted by Gasteiger charge is -2.41. The lowest BCUT2D eigenvalue weighted by atomic mass is 9.95. The van der Waals surface area contributed by atoms with Gasteiger partial charge in [-0.3, -0.25) is 4.90 Å². The largest absolute Gasteiger partial charge is 0.462 e. The Labute approximate surface area is 188 Å². The highest BCUT2D eigenvalue weighted by Crippen LogP contribution is 2.38. The minimum atomic E-state index is -0.326. The maximum Gasteiger partial charge on any atom is 0.350 e. The van der Waals surface area contributed by atoms with Gasteiger partial charge >= 0.3 is 5.97 Å². The van der Waals surface area contributed by atoms with Gasteiger partial charge in [0.25, 0.3) is 0 Å². The first-order chi connectivity index (χ1) is 14.6. The number of ether oxygens (including phenoxy) is 1. The van der Waals surface area contributed by atoms with Gasteiger partial charge in [-0.1, -0.05) is 48.1 Å². The molecule has 0 aliphatic carbocycles. The Bertz CT molecular complexity index is 879. The number of anilines is 1. The molecule has 7 heteroatoms. The normalized spacial score (nSPS) is 21.0. The van der Waals surface area contributed by atoms with E-state index in [2.05, 4.69) is 16.7 Å². The van der Waals surface area contributed by atoms with Crippen LogP contribution in [-0.4, -0.2) is 54.7 Å². The summed E-state index contributed by atoms with van der Waals surface area (Å²) in [5.41, 5.74) is 1.41. The maximum absolute atomic E-state index is 12.6. The number of carbonyl (C=O) groups is 1. The summed E-state index contributed by atoms with van der Waals surface area (Å²) in [5.74, 6) is 0.481. The molecular weight excluding hydrogens is 418 g/mol. The number of esters is 1. The number of hydrogen-bond acceptors (Lipinski definition) is 6. The van der Waals surface area contributed by atoms with Crippen LogP contribution in [0.15, 0.2) is 24.3 Å². The predicted octanol–water partition coefficient (Wildman–Crippen LogP) is 5.34. The number of thiazole rings is 1. The third-order valence-corrected chi connectivity index (χ3v) is 7.57. The lowest BCUT2D eigenvalue weighted by molar-refractivity contribution is 0.0532. The van der Waals surface area contributed by atoms with Crippen LogP contribution in [0.1, 0.15) is 49.2 Å². The molecule has 5 nitrogen and oxygen atoms in total. The van der Waals surface area contributed by atoms with Gasteiger partial charge < -0.3 is 9.64 Å². The zero-order valence-electron chi connectivity index (χ0n) is 17.8. The van der Waals surface area contributed by atoms with Crippen LogP contribution in [0.4, 0.5) is 5.13 Å². The van der Waals surface area contributed by atoms with Crippen LogP contribution < -0.4 is 4.90 Å². The van der Waals surface area contributed by atoms with Crippen molar-refractivity contribution in [1.82, 2.24) is 9.88 Å². The topological polar surface area (TPSA) is 45.7 Å². The first-order valence-electron chi connectivity index (χ1n) is 11.0. The Morgan fingerprint density at radius 1 is 1.23 bits per heavy atom. The number of hydrogen-bond donors (Lipinski definition) is 0. The molecule has 3 heterocycles. The van der Waals surface area contributed by atoms with E-state index in [1.54, 1.807) is 0 Å². The van der Waals surface area contributed by atoms with Gasteiger partial charge in [0, 0.05) is 31.2 Å². The van der Waals surface area contributed by atoms with Crippen molar-refractivity contribution in [2.24, 2.45) is 5.92 Å². The fraction of sp³-hybridized carbons (Fsp3) is 0.565. The molecule has 1 aromatic carbocycles. The van der Waals surface area contributed by atoms with Crippen LogP contribution in [-0.2, 0) is 4.74 Å². The number of halogens is 1. The predicted molar refractivity (Wildman–Crippen MR) is 124 cm³/mol. The Morgan fingerprint density at radius 2 is 2.00 bits per heavy atom. The maximum atomic E-state index is 12.6. The van der Waals surface area contributed by atoms with E-state index in [0.717, 1.165) is 42.5 Å². The van der Waals surface area contributed by atoms with Gasteiger partial charge in [-0.05, 0) is 51.1 Å². The summed E-state index contributed by atoms with van der Waals surface area (Å²) in [4.78, 5) is 23.0. The highest BCUT2D eigenvalue weighted by molar-refractivity contribution is 7.18. The average molecular weight is 448 g/mol. The van der Waals surface area contributed by atoms with Gasteiger partial charge in [-0.25, -0.2) is 9.78 Å². The van der Waals surface area contributed by atoms with Crippen molar-refractivity contribution in [3.05, 3.63) is 34.2 Å². The highest BCUT2D eigenvalue weighted by atomic mass is 35.5. The monoisotopic (exact) mass is 447 g/mol. The van der Waals surface area contributed by atoms with E-state index in [0.29, 0.717) is 28.2 Å². The molecule has 0 saturated carbocycles. The van der Waals surface area contributed by atoms with Crippen molar-refractivity contribution in [2.75, 3.05) is 37.7 Å². The number of aromatic nitrogens is 1. The Kier molecular flexibility index (Phi) is 6.96. The molecule has 2 aliphatic heterocycles. The third-order valence-electron chi connectivity index (χ3n) is 6.15. The smallest absolute Gasteiger partial charge is 0.350 e. The van der Waals surface area contributed by atoms with E-state index in [9.17, 15) is 4.79 Å². The number of rotatable bonds is 5. The summed E-state index contributed by atoms with van der Waals surface area (Å²) in [5, 5.41) is 1.48. The van der Waals surface area contributed by atoms with Crippen molar-refractivity contribution < 1.29 is 9.53 Å². The second-order valence-corrected chi connectivity index (χ2v) is 9.72. The van der Waals surface area contributed by atoms with Crippen LogP contribution in [0.25, 0.3) is 11.3 Å². The van der Waals surface area contributed by atoms with Gasteiger partial charge in [-0.15, -0.1) is 0 Å². The second-order valence-electron chi connectivity index (χ2n) is 8.34. The number of piperidine rings is 2. The Hall–Kier alpha value is -1.63. The van der Waals surface area contributed by atoms with E-state index >= 15 is 0 Å². The zero-order chi connectivity index (χ0) is 21.1. The lowest BCUT2D eigenvalue weighted by Crippen LogP contribution is -2.48. The van der Waals surface area contributed by atoms with Crippen molar-refractivity contribution in [3.63, 3.8) is 0 Å². The van der Waals surface area contributed by atoms with Gasteiger partial charge in [0.15, 0.2) is 5.13 Å². The van der Waals surface area contributed by atoms with Crippen LogP contribution >= 0.6 is 22.9 Å². The van der Waals surface area contributed by atoms with Crippen molar-refractivity contribution in [3.8, 4) is 11.3 Å². The first-order valence-corrected chi connectivity index (χ1v) is 12.2. The van der Waals surface area contributed by atoms with Crippen LogP contribution in [0, 0.1) is 5.92 Å². The quantitative estimate of drug-likeness (QED) is 0.579. The first kappa shape index (κ1) is 21.6. The van der Waals surface area contributed by atoms with Gasteiger partial charge in [0.05, 0.1) is 17.3 Å². The molecular formula is C23H30ClN3O2S. The molecule has 0 spiro atoms. The third kappa shape index (κ3) is 4.66. The van der Waals surface area contributed by atoms with Crippen LogP contribution in [0.5, 0.6) is 0 Å². The van der Waals surface area contributed by atoms with E-state index in [1.165, 1.54) is 37.3 Å². The Morgan fingerprint density at radius 3 is 2.70 bits per heavy atom. The van der Waals surface area contributed by atoms with Gasteiger partial charge in [0.1, 0.15) is 4.88 Å². The molecule has 30 heavy (non-hydrogen) atoms. The molecule has 162 valence electrons. The van der Waals surface area contributed by atoms with Crippen molar-refractivity contribution >= 4 is 34.0 Å². The molecule has 0 radical (unpaired) electrons. The van der Waals surface area contributed by atoms with Gasteiger partial charge in [-0.2, -0.15) is 0 Å². The molecule has 2 fully saturated rings. The van der Waals surface area contributed by atoms with E-state index in [4.69, 9.17) is 21.3 Å². The number of carbonyl (C=O) groups excluding carboxylic acids is 1. The zero-order valence-corrected chi connectivity index (χ0v) is 19.3. The van der Waals surface area contributed by atoms with E-state index in [1.807, 2.05) is 31.2 Å². The fourth-order valence-corrected chi connectivity index (χ4v) is 5.85. The molecule has 0 bridgehead atoms. The summed E-state index contributed by atoms with van der Waals surface area (Å²) >= 11 is 7.84. The molecule has 2 saturated heterocycles. The minimum Gasteiger partial charge on any atom is -0.462 e. The summed E-state index contributed by atoms with van der Waals surface area (Å²) in [6, 6.07) is 8.20. The summed E-state index contributed by atoms with van der Waals surface area (Å²) in [6.07, 6.45) is 4.96.